The van der Waals surface area contributed by atoms with Gasteiger partial charge in [-0.15, -0.1) is 24.8 Å². The first kappa shape index (κ1) is 25.2. The molecule has 160 valence electrons. The van der Waals surface area contributed by atoms with Crippen LogP contribution in [0.3, 0.4) is 0 Å². The molecule has 2 saturated heterocycles. The first-order chi connectivity index (χ1) is 12.5. The minimum atomic E-state index is 0. The SMILES string of the molecule is CC1CN(Cc2ccccc2)CC(C)C1N(C)C(=O)[C@H]1CCN[C@@H](C)C1.Cl.Cl. The van der Waals surface area contributed by atoms with Crippen molar-refractivity contribution in [2.75, 3.05) is 26.7 Å². The first-order valence-corrected chi connectivity index (χ1v) is 10.2. The molecular formula is C22H37Cl2N3O. The minimum Gasteiger partial charge on any atom is -0.342 e. The zero-order chi connectivity index (χ0) is 18.7. The molecule has 1 aromatic rings. The van der Waals surface area contributed by atoms with Crippen molar-refractivity contribution >= 4 is 30.7 Å². The zero-order valence-electron chi connectivity index (χ0n) is 17.6. The largest absolute Gasteiger partial charge is 0.342 e. The molecule has 0 radical (unpaired) electrons. The summed E-state index contributed by atoms with van der Waals surface area (Å²) in [5, 5.41) is 3.45. The number of amides is 1. The Labute approximate surface area is 183 Å². The van der Waals surface area contributed by atoms with Gasteiger partial charge < -0.3 is 10.2 Å². The Morgan fingerprint density at radius 1 is 1.11 bits per heavy atom. The summed E-state index contributed by atoms with van der Waals surface area (Å²) < 4.78 is 0. The Kier molecular flexibility index (Phi) is 10.3. The van der Waals surface area contributed by atoms with Crippen molar-refractivity contribution in [3.8, 4) is 0 Å². The molecule has 1 aromatic carbocycles. The number of piperidine rings is 2. The summed E-state index contributed by atoms with van der Waals surface area (Å²) in [6.45, 7) is 10.9. The van der Waals surface area contributed by atoms with Crippen LogP contribution < -0.4 is 5.32 Å². The quantitative estimate of drug-likeness (QED) is 0.789. The fraction of sp³-hybridized carbons (Fsp3) is 0.682. The average Bonchev–Trinajstić information content (AvgIpc) is 2.61. The first-order valence-electron chi connectivity index (χ1n) is 10.2. The van der Waals surface area contributed by atoms with Crippen LogP contribution in [0, 0.1) is 17.8 Å². The van der Waals surface area contributed by atoms with Gasteiger partial charge in [0.05, 0.1) is 0 Å². The molecule has 1 N–H and O–H groups in total. The van der Waals surface area contributed by atoms with Gasteiger partial charge >= 0.3 is 0 Å². The van der Waals surface area contributed by atoms with Crippen molar-refractivity contribution in [2.24, 2.45) is 17.8 Å². The highest BCUT2D eigenvalue weighted by Gasteiger charge is 2.38. The second kappa shape index (κ2) is 11.4. The van der Waals surface area contributed by atoms with Crippen LogP contribution in [0.15, 0.2) is 30.3 Å². The molecule has 0 saturated carbocycles. The summed E-state index contributed by atoms with van der Waals surface area (Å²) >= 11 is 0. The number of halogens is 2. The molecule has 2 aliphatic rings. The minimum absolute atomic E-state index is 0. The number of benzene rings is 1. The lowest BCUT2D eigenvalue weighted by atomic mass is 9.83. The van der Waals surface area contributed by atoms with E-state index in [1.54, 1.807) is 0 Å². The van der Waals surface area contributed by atoms with E-state index in [9.17, 15) is 4.79 Å². The van der Waals surface area contributed by atoms with Crippen LogP contribution in [-0.4, -0.2) is 54.5 Å². The van der Waals surface area contributed by atoms with Gasteiger partial charge in [0.2, 0.25) is 5.91 Å². The number of nitrogens with one attached hydrogen (secondary N) is 1. The van der Waals surface area contributed by atoms with Crippen molar-refractivity contribution < 1.29 is 4.79 Å². The maximum absolute atomic E-state index is 13.1. The maximum atomic E-state index is 13.1. The Balaban J connectivity index is 0.00000196. The molecule has 3 rings (SSSR count). The predicted octanol–water partition coefficient (Wildman–Crippen LogP) is 3.83. The van der Waals surface area contributed by atoms with E-state index in [1.807, 2.05) is 7.05 Å². The molecule has 2 fully saturated rings. The maximum Gasteiger partial charge on any atom is 0.225 e. The van der Waals surface area contributed by atoms with Crippen LogP contribution in [0.25, 0.3) is 0 Å². The number of likely N-dealkylation sites (tertiary alicyclic amines) is 1. The number of hydrogen-bond donors (Lipinski definition) is 1. The fourth-order valence-electron chi connectivity index (χ4n) is 5.19. The molecule has 2 unspecified atom stereocenters. The highest BCUT2D eigenvalue weighted by Crippen LogP contribution is 2.29. The second-order valence-corrected chi connectivity index (χ2v) is 8.65. The van der Waals surface area contributed by atoms with Crippen LogP contribution in [0.1, 0.15) is 39.2 Å². The van der Waals surface area contributed by atoms with Crippen LogP contribution >= 0.6 is 24.8 Å². The lowest BCUT2D eigenvalue weighted by Gasteiger charge is -2.46. The number of hydrogen-bond acceptors (Lipinski definition) is 3. The van der Waals surface area contributed by atoms with E-state index in [4.69, 9.17) is 0 Å². The Morgan fingerprint density at radius 2 is 1.71 bits per heavy atom. The molecule has 28 heavy (non-hydrogen) atoms. The van der Waals surface area contributed by atoms with Gasteiger partial charge in [-0.2, -0.15) is 0 Å². The van der Waals surface area contributed by atoms with E-state index in [-0.39, 0.29) is 30.7 Å². The Morgan fingerprint density at radius 3 is 2.29 bits per heavy atom. The van der Waals surface area contributed by atoms with Gasteiger partial charge in [0.25, 0.3) is 0 Å². The van der Waals surface area contributed by atoms with Crippen LogP contribution in [0.5, 0.6) is 0 Å². The third-order valence-electron chi connectivity index (χ3n) is 6.28. The molecular weight excluding hydrogens is 393 g/mol. The molecule has 0 aromatic heterocycles. The summed E-state index contributed by atoms with van der Waals surface area (Å²) in [6, 6.07) is 11.5. The molecule has 6 heteroatoms. The van der Waals surface area contributed by atoms with Gasteiger partial charge in [0.1, 0.15) is 0 Å². The molecule has 4 nitrogen and oxygen atoms in total. The lowest BCUT2D eigenvalue weighted by Crippen LogP contribution is -2.56. The van der Waals surface area contributed by atoms with E-state index in [0.29, 0.717) is 29.8 Å². The smallest absolute Gasteiger partial charge is 0.225 e. The predicted molar refractivity (Wildman–Crippen MR) is 121 cm³/mol. The van der Waals surface area contributed by atoms with Crippen LogP contribution in [0.4, 0.5) is 0 Å². The lowest BCUT2D eigenvalue weighted by molar-refractivity contribution is -0.141. The topological polar surface area (TPSA) is 35.6 Å². The van der Waals surface area contributed by atoms with E-state index in [1.165, 1.54) is 5.56 Å². The normalized spacial score (nSPS) is 30.6. The van der Waals surface area contributed by atoms with Gasteiger partial charge in [-0.1, -0.05) is 44.2 Å². The number of carbonyl (C=O) groups is 1. The second-order valence-electron chi connectivity index (χ2n) is 8.65. The molecule has 2 aliphatic heterocycles. The number of rotatable bonds is 4. The highest BCUT2D eigenvalue weighted by molar-refractivity contribution is 5.85. The van der Waals surface area contributed by atoms with Crippen molar-refractivity contribution in [1.82, 2.24) is 15.1 Å². The van der Waals surface area contributed by atoms with Crippen LogP contribution in [0.2, 0.25) is 0 Å². The van der Waals surface area contributed by atoms with Gasteiger partial charge in [0.15, 0.2) is 0 Å². The molecule has 0 aliphatic carbocycles. The van der Waals surface area contributed by atoms with Crippen LogP contribution in [-0.2, 0) is 11.3 Å². The summed E-state index contributed by atoms with van der Waals surface area (Å²) in [5.41, 5.74) is 1.37. The van der Waals surface area contributed by atoms with Gasteiger partial charge in [-0.3, -0.25) is 9.69 Å². The highest BCUT2D eigenvalue weighted by atomic mass is 35.5. The van der Waals surface area contributed by atoms with Gasteiger partial charge in [-0.05, 0) is 43.7 Å². The number of carbonyl (C=O) groups excluding carboxylic acids is 1. The van der Waals surface area contributed by atoms with Gasteiger partial charge in [0, 0.05) is 44.7 Å². The molecule has 2 heterocycles. The molecule has 1 amide bonds. The fourth-order valence-corrected chi connectivity index (χ4v) is 5.19. The summed E-state index contributed by atoms with van der Waals surface area (Å²) in [6.07, 6.45) is 1.95. The molecule has 0 spiro atoms. The standard InChI is InChI=1S/C22H35N3O.2ClH/c1-16-13-25(15-19-8-6-5-7-9-19)14-17(2)21(16)24(4)22(26)20-10-11-23-18(3)12-20;;/h5-9,16-18,20-21,23H,10-15H2,1-4H3;2*1H/t16?,17?,18-,20-,21?;;/m0../s1. The zero-order valence-corrected chi connectivity index (χ0v) is 19.3. The summed E-state index contributed by atoms with van der Waals surface area (Å²) in [5.74, 6) is 1.54. The Bertz CT molecular complexity index is 589. The van der Waals surface area contributed by atoms with Crippen molar-refractivity contribution in [3.05, 3.63) is 35.9 Å². The number of nitrogens with zero attached hydrogens (tertiary/aromatic N) is 2. The third-order valence-corrected chi connectivity index (χ3v) is 6.28. The summed E-state index contributed by atoms with van der Waals surface area (Å²) in [4.78, 5) is 17.7. The monoisotopic (exact) mass is 429 g/mol. The van der Waals surface area contributed by atoms with Gasteiger partial charge in [-0.25, -0.2) is 0 Å². The van der Waals surface area contributed by atoms with Crippen molar-refractivity contribution in [1.29, 1.82) is 0 Å². The molecule has 4 atom stereocenters. The van der Waals surface area contributed by atoms with E-state index >= 15 is 0 Å². The Hall–Kier alpha value is -0.810. The van der Waals surface area contributed by atoms with Crippen molar-refractivity contribution in [3.63, 3.8) is 0 Å². The van der Waals surface area contributed by atoms with Crippen molar-refractivity contribution in [2.45, 2.75) is 52.2 Å². The van der Waals surface area contributed by atoms with E-state index < -0.39 is 0 Å². The van der Waals surface area contributed by atoms with E-state index in [0.717, 1.165) is 39.0 Å². The molecule has 0 bridgehead atoms. The average molecular weight is 430 g/mol. The van der Waals surface area contributed by atoms with E-state index in [2.05, 4.69) is 66.2 Å². The third kappa shape index (κ3) is 6.09. The summed E-state index contributed by atoms with van der Waals surface area (Å²) in [7, 11) is 2.04.